The third-order valence-corrected chi connectivity index (χ3v) is 5.38. The van der Waals surface area contributed by atoms with Crippen LogP contribution in [0, 0.1) is 6.92 Å². The highest BCUT2D eigenvalue weighted by atomic mass is 79.9. The molecular formula is C26H22BrNO5. The van der Waals surface area contributed by atoms with Gasteiger partial charge in [-0.25, -0.2) is 9.59 Å². The molecule has 0 aliphatic heterocycles. The number of carbonyl (C=O) groups is 1. The van der Waals surface area contributed by atoms with Crippen molar-refractivity contribution in [3.05, 3.63) is 105 Å². The third kappa shape index (κ3) is 6.42. The number of aryl methyl sites for hydroxylation is 1. The summed E-state index contributed by atoms with van der Waals surface area (Å²) >= 11 is 3.50. The minimum absolute atomic E-state index is 0.00998. The number of halogens is 1. The maximum absolute atomic E-state index is 12.6. The number of hydrogen-bond acceptors (Lipinski definition) is 6. The fraction of sp³-hybridized carbons (Fsp3) is 0.154. The maximum atomic E-state index is 12.6. The van der Waals surface area contributed by atoms with E-state index in [1.807, 2.05) is 73.7 Å². The van der Waals surface area contributed by atoms with Gasteiger partial charge in [-0.3, -0.25) is 0 Å². The van der Waals surface area contributed by atoms with Crippen LogP contribution in [0.4, 0.5) is 0 Å². The molecule has 0 fully saturated rings. The highest BCUT2D eigenvalue weighted by molar-refractivity contribution is 9.10. The summed E-state index contributed by atoms with van der Waals surface area (Å²) in [5, 5.41) is 0. The van der Waals surface area contributed by atoms with Crippen LogP contribution in [-0.2, 0) is 32.3 Å². The van der Waals surface area contributed by atoms with Gasteiger partial charge in [0.15, 0.2) is 0 Å². The van der Waals surface area contributed by atoms with E-state index in [1.165, 1.54) is 13.2 Å². The molecule has 3 aromatic rings. The van der Waals surface area contributed by atoms with Crippen LogP contribution < -0.4 is 4.74 Å². The molecule has 0 aromatic heterocycles. The van der Waals surface area contributed by atoms with Gasteiger partial charge in [0.2, 0.25) is 11.8 Å². The fourth-order valence-electron chi connectivity index (χ4n) is 3.05. The van der Waals surface area contributed by atoms with Crippen LogP contribution in [0.5, 0.6) is 5.75 Å². The average molecular weight is 508 g/mol. The van der Waals surface area contributed by atoms with Crippen molar-refractivity contribution in [3.8, 4) is 5.75 Å². The molecule has 6 nitrogen and oxygen atoms in total. The molecule has 0 bridgehead atoms. The number of ether oxygens (including phenoxy) is 3. The lowest BCUT2D eigenvalue weighted by atomic mass is 10.1. The highest BCUT2D eigenvalue weighted by Gasteiger charge is 2.23. The van der Waals surface area contributed by atoms with E-state index in [0.29, 0.717) is 22.4 Å². The number of nitrogens with zero attached hydrogens (tertiary/aromatic N) is 1. The average Bonchev–Trinajstić information content (AvgIpc) is 2.84. The number of rotatable bonds is 9. The third-order valence-electron chi connectivity index (χ3n) is 4.73. The second kappa shape index (κ2) is 11.8. The van der Waals surface area contributed by atoms with Crippen LogP contribution in [-0.4, -0.2) is 19.2 Å². The molecule has 0 N–H and O–H groups in total. The maximum Gasteiger partial charge on any atom is 0.375 e. The first kappa shape index (κ1) is 24.0. The second-order valence-electron chi connectivity index (χ2n) is 7.02. The molecule has 0 unspecified atom stereocenters. The Balaban J connectivity index is 2.01. The molecule has 168 valence electrons. The molecule has 0 aliphatic carbocycles. The normalized spacial score (nSPS) is 11.1. The predicted molar refractivity (Wildman–Crippen MR) is 128 cm³/mol. The molecule has 0 atom stereocenters. The Morgan fingerprint density at radius 3 is 2.15 bits per heavy atom. The van der Waals surface area contributed by atoms with Crippen LogP contribution >= 0.6 is 15.9 Å². The first-order valence-corrected chi connectivity index (χ1v) is 10.9. The topological polar surface area (TPSA) is 74.2 Å². The number of methoxy groups -OCH3 is 1. The lowest BCUT2D eigenvalue weighted by Crippen LogP contribution is -2.11. The smallest absolute Gasteiger partial charge is 0.375 e. The van der Waals surface area contributed by atoms with Crippen LogP contribution in [0.1, 0.15) is 22.3 Å². The Kier molecular flexibility index (Phi) is 8.58. The van der Waals surface area contributed by atoms with E-state index in [1.54, 1.807) is 6.07 Å². The molecule has 0 spiro atoms. The number of carbonyl (C=O) groups excluding carboxylic acids is 2. The number of aliphatic imine (C=N–C) groups is 1. The van der Waals surface area contributed by atoms with Crippen molar-refractivity contribution in [1.29, 1.82) is 0 Å². The summed E-state index contributed by atoms with van der Waals surface area (Å²) in [4.78, 5) is 27.6. The molecular weight excluding hydrogens is 486 g/mol. The Hall–Kier alpha value is -3.67. The molecule has 3 rings (SSSR count). The minimum Gasteiger partial charge on any atom is -0.489 e. The zero-order chi connectivity index (χ0) is 23.6. The Morgan fingerprint density at radius 1 is 0.970 bits per heavy atom. The van der Waals surface area contributed by atoms with Gasteiger partial charge in [-0.15, -0.1) is 0 Å². The second-order valence-corrected chi connectivity index (χ2v) is 7.87. The molecule has 7 heteroatoms. The van der Waals surface area contributed by atoms with Gasteiger partial charge < -0.3 is 14.2 Å². The Labute approximate surface area is 200 Å². The van der Waals surface area contributed by atoms with Crippen molar-refractivity contribution in [2.45, 2.75) is 20.1 Å². The highest BCUT2D eigenvalue weighted by Crippen LogP contribution is 2.35. The quantitative estimate of drug-likeness (QED) is 0.121. The van der Waals surface area contributed by atoms with Gasteiger partial charge in [-0.05, 0) is 35.7 Å². The number of benzene rings is 3. The summed E-state index contributed by atoms with van der Waals surface area (Å²) in [5.74, 6) is -0.398. The summed E-state index contributed by atoms with van der Waals surface area (Å²) in [5.41, 5.74) is 3.12. The lowest BCUT2D eigenvalue weighted by Gasteiger charge is -2.15. The van der Waals surface area contributed by atoms with Crippen molar-refractivity contribution < 1.29 is 23.8 Å². The van der Waals surface area contributed by atoms with Crippen molar-refractivity contribution in [3.63, 3.8) is 0 Å². The van der Waals surface area contributed by atoms with Crippen molar-refractivity contribution in [1.82, 2.24) is 0 Å². The van der Waals surface area contributed by atoms with Crippen LogP contribution in [0.25, 0.3) is 5.70 Å². The van der Waals surface area contributed by atoms with Crippen molar-refractivity contribution in [2.24, 2.45) is 4.99 Å². The number of isocyanates is 1. The summed E-state index contributed by atoms with van der Waals surface area (Å²) in [6.07, 6.45) is 1.51. The number of hydrogen-bond donors (Lipinski definition) is 0. The van der Waals surface area contributed by atoms with E-state index >= 15 is 0 Å². The molecule has 33 heavy (non-hydrogen) atoms. The first-order valence-electron chi connectivity index (χ1n) is 10.1. The van der Waals surface area contributed by atoms with Gasteiger partial charge in [0.25, 0.3) is 0 Å². The first-order chi connectivity index (χ1) is 16.0. The van der Waals surface area contributed by atoms with E-state index < -0.39 is 5.97 Å². The summed E-state index contributed by atoms with van der Waals surface area (Å²) < 4.78 is 17.3. The van der Waals surface area contributed by atoms with Gasteiger partial charge in [-0.1, -0.05) is 76.6 Å². The molecule has 0 heterocycles. The van der Waals surface area contributed by atoms with Gasteiger partial charge >= 0.3 is 5.97 Å². The largest absolute Gasteiger partial charge is 0.489 e. The minimum atomic E-state index is -0.765. The molecule has 0 saturated carbocycles. The standard InChI is InChI=1S/C26H22BrNO5/c1-18-13-22(27)21(14-23(18)32-15-19-9-5-3-6-10-19)24(28-17-29)25(26(30)31-2)33-16-20-11-7-4-8-12-20/h3-14H,15-16H2,1-2H3/b25-24-. The lowest BCUT2D eigenvalue weighted by molar-refractivity contribution is -0.140. The van der Waals surface area contributed by atoms with Crippen molar-refractivity contribution in [2.75, 3.05) is 7.11 Å². The summed E-state index contributed by atoms with van der Waals surface area (Å²) in [7, 11) is 1.23. The van der Waals surface area contributed by atoms with Gasteiger partial charge in [0, 0.05) is 10.0 Å². The number of esters is 1. The fourth-order valence-corrected chi connectivity index (χ4v) is 3.70. The summed E-state index contributed by atoms with van der Waals surface area (Å²) in [6, 6.07) is 22.6. The molecule has 3 aromatic carbocycles. The van der Waals surface area contributed by atoms with Crippen LogP contribution in [0.15, 0.2) is 88.0 Å². The Morgan fingerprint density at radius 2 is 1.58 bits per heavy atom. The monoisotopic (exact) mass is 507 g/mol. The summed E-state index contributed by atoms with van der Waals surface area (Å²) in [6.45, 7) is 2.34. The van der Waals surface area contributed by atoms with Crippen LogP contribution in [0.2, 0.25) is 0 Å². The van der Waals surface area contributed by atoms with Crippen LogP contribution in [0.3, 0.4) is 0 Å². The molecule has 0 saturated heterocycles. The molecule has 0 radical (unpaired) electrons. The Bertz CT molecular complexity index is 1190. The van der Waals surface area contributed by atoms with E-state index in [-0.39, 0.29) is 18.1 Å². The zero-order valence-electron chi connectivity index (χ0n) is 18.2. The predicted octanol–water partition coefficient (Wildman–Crippen LogP) is 5.73. The van der Waals surface area contributed by atoms with E-state index in [2.05, 4.69) is 20.9 Å². The van der Waals surface area contributed by atoms with Gasteiger partial charge in [-0.2, -0.15) is 4.99 Å². The SMILES string of the molecule is COC(=O)/C(OCc1ccccc1)=C(/N=C=O)c1cc(OCc2ccccc2)c(C)cc1Br. The van der Waals surface area contributed by atoms with Gasteiger partial charge in [0.1, 0.15) is 24.7 Å². The molecule has 0 aliphatic rings. The van der Waals surface area contributed by atoms with E-state index in [0.717, 1.165) is 16.7 Å². The van der Waals surface area contributed by atoms with E-state index in [4.69, 9.17) is 14.2 Å². The van der Waals surface area contributed by atoms with Crippen molar-refractivity contribution >= 4 is 33.7 Å². The van der Waals surface area contributed by atoms with E-state index in [9.17, 15) is 9.59 Å². The molecule has 0 amide bonds. The zero-order valence-corrected chi connectivity index (χ0v) is 19.8. The van der Waals surface area contributed by atoms with Gasteiger partial charge in [0.05, 0.1) is 7.11 Å².